The Labute approximate surface area is 146 Å². The Bertz CT molecular complexity index is 442. The summed E-state index contributed by atoms with van der Waals surface area (Å²) in [5.74, 6) is -0.821. The number of carbonyl (C=O) groups is 2. The molecule has 0 aromatic rings. The summed E-state index contributed by atoms with van der Waals surface area (Å²) in [5, 5.41) is 2.21. The zero-order valence-corrected chi connectivity index (χ0v) is 15.2. The second-order valence-corrected chi connectivity index (χ2v) is 6.63. The van der Waals surface area contributed by atoms with E-state index in [0.29, 0.717) is 12.8 Å². The fraction of sp³-hybridized carbons (Fsp3) is 0.765. The van der Waals surface area contributed by atoms with Crippen molar-refractivity contribution in [3.8, 4) is 0 Å². The van der Waals surface area contributed by atoms with E-state index in [1.807, 2.05) is 6.92 Å². The maximum atomic E-state index is 12.3. The van der Waals surface area contributed by atoms with Crippen LogP contribution in [0.25, 0.3) is 0 Å². The van der Waals surface area contributed by atoms with Gasteiger partial charge < -0.3 is 14.8 Å². The third kappa shape index (κ3) is 15.5. The smallest absolute Gasteiger partial charge is 0.409 e. The second kappa shape index (κ2) is 11.0. The van der Waals surface area contributed by atoms with Crippen molar-refractivity contribution in [2.45, 2.75) is 77.7 Å². The number of ether oxygens (including phenoxy) is 2. The first-order valence-corrected chi connectivity index (χ1v) is 8.35. The third-order valence-corrected chi connectivity index (χ3v) is 2.90. The molecule has 0 fully saturated rings. The standard InChI is InChI=1S/C17H28F3NO4/c1-5-6-7-8-9-13(10-11-17(18,19)20)24-14(22)12-21-15(23)25-16(2,3)4/h10-11,13H,5-9,12H2,1-4H3,(H,21,23)/b11-10+. The van der Waals surface area contributed by atoms with E-state index in [0.717, 1.165) is 25.3 Å². The van der Waals surface area contributed by atoms with Gasteiger partial charge in [0.15, 0.2) is 0 Å². The fourth-order valence-corrected chi connectivity index (χ4v) is 1.85. The van der Waals surface area contributed by atoms with Crippen molar-refractivity contribution in [3.05, 3.63) is 12.2 Å². The van der Waals surface area contributed by atoms with Crippen LogP contribution in [0.3, 0.4) is 0 Å². The molecule has 0 aliphatic heterocycles. The summed E-state index contributed by atoms with van der Waals surface area (Å²) in [6.45, 7) is 6.54. The normalized spacial score (nSPS) is 13.6. The van der Waals surface area contributed by atoms with Gasteiger partial charge in [0.1, 0.15) is 18.2 Å². The molecule has 8 heteroatoms. The number of halogens is 3. The van der Waals surface area contributed by atoms with E-state index in [2.05, 4.69) is 5.32 Å². The van der Waals surface area contributed by atoms with Gasteiger partial charge in [0, 0.05) is 6.08 Å². The zero-order valence-electron chi connectivity index (χ0n) is 15.2. The minimum atomic E-state index is -4.47. The number of esters is 1. The maximum absolute atomic E-state index is 12.3. The largest absolute Gasteiger partial charge is 0.457 e. The number of alkyl halides is 3. The summed E-state index contributed by atoms with van der Waals surface area (Å²) < 4.78 is 46.9. The molecular weight excluding hydrogens is 339 g/mol. The molecule has 0 saturated carbocycles. The van der Waals surface area contributed by atoms with Crippen LogP contribution in [0.15, 0.2) is 12.2 Å². The Morgan fingerprint density at radius 2 is 1.76 bits per heavy atom. The number of carbonyl (C=O) groups excluding carboxylic acids is 2. The number of rotatable bonds is 9. The molecule has 0 saturated heterocycles. The van der Waals surface area contributed by atoms with Crippen LogP contribution in [0.2, 0.25) is 0 Å². The molecule has 0 aromatic heterocycles. The molecule has 1 unspecified atom stereocenters. The van der Waals surface area contributed by atoms with Crippen LogP contribution in [0.1, 0.15) is 59.8 Å². The molecule has 0 rings (SSSR count). The van der Waals surface area contributed by atoms with Gasteiger partial charge in [-0.25, -0.2) is 4.79 Å². The van der Waals surface area contributed by atoms with Gasteiger partial charge in [0.2, 0.25) is 0 Å². The van der Waals surface area contributed by atoms with Crippen molar-refractivity contribution in [1.82, 2.24) is 5.32 Å². The monoisotopic (exact) mass is 367 g/mol. The van der Waals surface area contributed by atoms with Crippen LogP contribution in [-0.2, 0) is 14.3 Å². The molecule has 5 nitrogen and oxygen atoms in total. The van der Waals surface area contributed by atoms with E-state index in [-0.39, 0.29) is 6.08 Å². The lowest BCUT2D eigenvalue weighted by Gasteiger charge is -2.20. The lowest BCUT2D eigenvalue weighted by Crippen LogP contribution is -2.36. The Morgan fingerprint density at radius 1 is 1.12 bits per heavy atom. The highest BCUT2D eigenvalue weighted by Crippen LogP contribution is 2.18. The van der Waals surface area contributed by atoms with Gasteiger partial charge in [-0.05, 0) is 39.7 Å². The van der Waals surface area contributed by atoms with E-state index in [1.54, 1.807) is 20.8 Å². The summed E-state index contributed by atoms with van der Waals surface area (Å²) in [4.78, 5) is 23.2. The lowest BCUT2D eigenvalue weighted by atomic mass is 10.1. The summed E-state index contributed by atoms with van der Waals surface area (Å²) >= 11 is 0. The van der Waals surface area contributed by atoms with Gasteiger partial charge in [0.05, 0.1) is 0 Å². The first-order chi connectivity index (χ1) is 11.4. The topological polar surface area (TPSA) is 64.6 Å². The second-order valence-electron chi connectivity index (χ2n) is 6.63. The van der Waals surface area contributed by atoms with Crippen LogP contribution >= 0.6 is 0 Å². The summed E-state index contributed by atoms with van der Waals surface area (Å²) in [7, 11) is 0. The average molecular weight is 367 g/mol. The van der Waals surface area contributed by atoms with Gasteiger partial charge >= 0.3 is 18.2 Å². The van der Waals surface area contributed by atoms with Crippen molar-refractivity contribution in [2.24, 2.45) is 0 Å². The van der Waals surface area contributed by atoms with E-state index >= 15 is 0 Å². The first-order valence-electron chi connectivity index (χ1n) is 8.35. The van der Waals surface area contributed by atoms with Gasteiger partial charge in [-0.3, -0.25) is 4.79 Å². The SMILES string of the molecule is CCCCCCC(/C=C/C(F)(F)F)OC(=O)CNC(=O)OC(C)(C)C. The summed E-state index contributed by atoms with van der Waals surface area (Å²) in [6.07, 6.45) is -1.61. The molecule has 146 valence electrons. The van der Waals surface area contributed by atoms with Crippen molar-refractivity contribution >= 4 is 12.1 Å². The van der Waals surface area contributed by atoms with Crippen molar-refractivity contribution < 1.29 is 32.2 Å². The quantitative estimate of drug-likeness (QED) is 0.370. The zero-order chi connectivity index (χ0) is 19.5. The molecule has 25 heavy (non-hydrogen) atoms. The summed E-state index contributed by atoms with van der Waals surface area (Å²) in [5.41, 5.74) is -0.717. The number of allylic oxidation sites excluding steroid dienone is 1. The lowest BCUT2D eigenvalue weighted by molar-refractivity contribution is -0.146. The van der Waals surface area contributed by atoms with Gasteiger partial charge in [0.25, 0.3) is 0 Å². The van der Waals surface area contributed by atoms with Crippen molar-refractivity contribution in [1.29, 1.82) is 0 Å². The highest BCUT2D eigenvalue weighted by atomic mass is 19.4. The van der Waals surface area contributed by atoms with Crippen LogP contribution in [-0.4, -0.2) is 36.5 Å². The van der Waals surface area contributed by atoms with Crippen LogP contribution < -0.4 is 5.32 Å². The van der Waals surface area contributed by atoms with E-state index in [4.69, 9.17) is 9.47 Å². The molecule has 0 aliphatic carbocycles. The minimum absolute atomic E-state index is 0.0616. The van der Waals surface area contributed by atoms with Gasteiger partial charge in [-0.2, -0.15) is 13.2 Å². The Hall–Kier alpha value is -1.73. The van der Waals surface area contributed by atoms with Crippen LogP contribution in [0.5, 0.6) is 0 Å². The number of hydrogen-bond donors (Lipinski definition) is 1. The van der Waals surface area contributed by atoms with E-state index in [1.165, 1.54) is 0 Å². The van der Waals surface area contributed by atoms with Crippen molar-refractivity contribution in [2.75, 3.05) is 6.54 Å². The fourth-order valence-electron chi connectivity index (χ4n) is 1.85. The molecule has 0 aliphatic rings. The third-order valence-electron chi connectivity index (χ3n) is 2.90. The summed E-state index contributed by atoms with van der Waals surface area (Å²) in [6, 6.07) is 0. The Morgan fingerprint density at radius 3 is 2.28 bits per heavy atom. The number of amides is 1. The van der Waals surface area contributed by atoms with E-state index in [9.17, 15) is 22.8 Å². The average Bonchev–Trinajstić information content (AvgIpc) is 2.44. The molecule has 1 atom stereocenters. The van der Waals surface area contributed by atoms with E-state index < -0.39 is 36.5 Å². The van der Waals surface area contributed by atoms with Crippen molar-refractivity contribution in [3.63, 3.8) is 0 Å². The predicted octanol–water partition coefficient (Wildman–Crippen LogP) is 4.51. The Kier molecular flexibility index (Phi) is 10.2. The number of hydrogen-bond acceptors (Lipinski definition) is 4. The van der Waals surface area contributed by atoms with Crippen LogP contribution in [0.4, 0.5) is 18.0 Å². The first kappa shape index (κ1) is 23.3. The van der Waals surface area contributed by atoms with Gasteiger partial charge in [-0.15, -0.1) is 0 Å². The molecule has 0 aromatic carbocycles. The molecule has 1 amide bonds. The van der Waals surface area contributed by atoms with Gasteiger partial charge in [-0.1, -0.05) is 26.2 Å². The highest BCUT2D eigenvalue weighted by Gasteiger charge is 2.24. The molecule has 0 bridgehead atoms. The molecular formula is C17H28F3NO4. The number of alkyl carbamates (subject to hydrolysis) is 1. The molecule has 0 radical (unpaired) electrons. The van der Waals surface area contributed by atoms with Crippen LogP contribution in [0, 0.1) is 0 Å². The maximum Gasteiger partial charge on any atom is 0.409 e. The molecule has 1 N–H and O–H groups in total. The number of nitrogens with one attached hydrogen (secondary N) is 1. The molecule has 0 spiro atoms. The Balaban J connectivity index is 4.48. The number of unbranched alkanes of at least 4 members (excludes halogenated alkanes) is 3. The highest BCUT2D eigenvalue weighted by molar-refractivity contribution is 5.78. The molecule has 0 heterocycles. The predicted molar refractivity (Wildman–Crippen MR) is 88.1 cm³/mol. The minimum Gasteiger partial charge on any atom is -0.457 e.